The molecule has 184 valence electrons. The lowest BCUT2D eigenvalue weighted by Crippen LogP contribution is -2.46. The molecule has 1 aliphatic heterocycles. The normalized spacial score (nSPS) is 15.8. The Morgan fingerprint density at radius 3 is 2.43 bits per heavy atom. The van der Waals surface area contributed by atoms with E-state index in [-0.39, 0.29) is 6.04 Å². The molecular weight excluding hydrogens is 464 g/mol. The fourth-order valence-electron chi connectivity index (χ4n) is 4.06. The van der Waals surface area contributed by atoms with Gasteiger partial charge in [0, 0.05) is 31.5 Å². The Balaban J connectivity index is 1.72. The van der Waals surface area contributed by atoms with E-state index in [4.69, 9.17) is 35.9 Å². The van der Waals surface area contributed by atoms with Gasteiger partial charge in [-0.2, -0.15) is 4.98 Å². The molecule has 0 saturated carbocycles. The van der Waals surface area contributed by atoms with Gasteiger partial charge in [0.25, 0.3) is 5.89 Å². The summed E-state index contributed by atoms with van der Waals surface area (Å²) in [6, 6.07) is 15.3. The van der Waals surface area contributed by atoms with Crippen molar-refractivity contribution in [1.82, 2.24) is 20.4 Å². The maximum absolute atomic E-state index is 5.80. The van der Waals surface area contributed by atoms with Gasteiger partial charge in [-0.25, -0.2) is 0 Å². The van der Waals surface area contributed by atoms with E-state index in [1.807, 2.05) is 62.4 Å². The Morgan fingerprint density at radius 2 is 1.77 bits per heavy atom. The third kappa shape index (κ3) is 5.47. The van der Waals surface area contributed by atoms with Gasteiger partial charge in [-0.1, -0.05) is 17.3 Å². The summed E-state index contributed by atoms with van der Waals surface area (Å²) in [5.74, 6) is 2.53. The van der Waals surface area contributed by atoms with Crippen molar-refractivity contribution >= 4 is 22.9 Å². The van der Waals surface area contributed by atoms with Gasteiger partial charge >= 0.3 is 0 Å². The Bertz CT molecular complexity index is 1170. The maximum atomic E-state index is 5.80. The predicted molar refractivity (Wildman–Crippen MR) is 138 cm³/mol. The van der Waals surface area contributed by atoms with Crippen LogP contribution in [0.15, 0.2) is 58.8 Å². The zero-order valence-corrected chi connectivity index (χ0v) is 21.2. The molecule has 9 heteroatoms. The summed E-state index contributed by atoms with van der Waals surface area (Å²) in [4.78, 5) is 6.81. The van der Waals surface area contributed by atoms with Crippen LogP contribution in [0.2, 0.25) is 0 Å². The predicted octanol–water partition coefficient (Wildman–Crippen LogP) is 4.84. The average Bonchev–Trinajstić information content (AvgIpc) is 3.36. The summed E-state index contributed by atoms with van der Waals surface area (Å²) in [5, 5.41) is 8.38. The number of ether oxygens (including phenoxy) is 3. The molecule has 2 aromatic carbocycles. The molecule has 1 unspecified atom stereocenters. The number of benzene rings is 2. The number of rotatable bonds is 10. The fourth-order valence-corrected chi connectivity index (χ4v) is 4.40. The van der Waals surface area contributed by atoms with E-state index in [2.05, 4.69) is 15.4 Å². The topological polar surface area (TPSA) is 81.9 Å². The molecular formula is C26H30N4O4S. The molecule has 35 heavy (non-hydrogen) atoms. The van der Waals surface area contributed by atoms with Crippen LogP contribution in [0.4, 0.5) is 0 Å². The van der Waals surface area contributed by atoms with Crippen LogP contribution in [0, 0.1) is 0 Å². The number of allylic oxidation sites excluding steroid dienone is 1. The molecule has 0 bridgehead atoms. The van der Waals surface area contributed by atoms with Crippen molar-refractivity contribution in [2.45, 2.75) is 26.3 Å². The second-order valence-corrected chi connectivity index (χ2v) is 8.42. The van der Waals surface area contributed by atoms with E-state index in [0.29, 0.717) is 36.6 Å². The largest absolute Gasteiger partial charge is 0.497 e. The minimum atomic E-state index is -0.249. The van der Waals surface area contributed by atoms with E-state index in [1.54, 1.807) is 14.2 Å². The molecule has 1 aliphatic rings. The SMILES string of the molecule is CCOc1ccc(C2NC(=S)N(CCCOC)C(C)=C2c2nc(-c3ccc(OC)cc3)no2)cc1. The van der Waals surface area contributed by atoms with Crippen LogP contribution in [0.25, 0.3) is 17.0 Å². The van der Waals surface area contributed by atoms with Gasteiger partial charge in [0.2, 0.25) is 5.82 Å². The quantitative estimate of drug-likeness (QED) is 0.314. The molecule has 8 nitrogen and oxygen atoms in total. The Labute approximate surface area is 210 Å². The molecule has 0 amide bonds. The summed E-state index contributed by atoms with van der Waals surface area (Å²) >= 11 is 5.74. The van der Waals surface area contributed by atoms with Gasteiger partial charge in [-0.3, -0.25) is 0 Å². The number of hydrogen-bond acceptors (Lipinski definition) is 7. The Morgan fingerprint density at radius 1 is 1.06 bits per heavy atom. The van der Waals surface area contributed by atoms with Crippen LogP contribution in [0.5, 0.6) is 11.5 Å². The van der Waals surface area contributed by atoms with E-state index in [1.165, 1.54) is 0 Å². The number of nitrogens with one attached hydrogen (secondary N) is 1. The number of aromatic nitrogens is 2. The monoisotopic (exact) mass is 494 g/mol. The lowest BCUT2D eigenvalue weighted by Gasteiger charge is -2.37. The number of nitrogens with zero attached hydrogens (tertiary/aromatic N) is 3. The summed E-state index contributed by atoms with van der Waals surface area (Å²) in [7, 11) is 3.33. The van der Waals surface area contributed by atoms with Gasteiger partial charge in [0.05, 0.1) is 25.3 Å². The van der Waals surface area contributed by atoms with E-state index in [9.17, 15) is 0 Å². The van der Waals surface area contributed by atoms with Crippen molar-refractivity contribution in [1.29, 1.82) is 0 Å². The summed E-state index contributed by atoms with van der Waals surface area (Å²) < 4.78 is 21.9. The minimum absolute atomic E-state index is 0.249. The van der Waals surface area contributed by atoms with Crippen LogP contribution in [-0.2, 0) is 4.74 Å². The van der Waals surface area contributed by atoms with Crippen molar-refractivity contribution in [3.8, 4) is 22.9 Å². The van der Waals surface area contributed by atoms with Gasteiger partial charge in [-0.05, 0) is 74.4 Å². The van der Waals surface area contributed by atoms with Gasteiger partial charge in [0.1, 0.15) is 11.5 Å². The molecule has 4 rings (SSSR count). The fraction of sp³-hybridized carbons (Fsp3) is 0.346. The van der Waals surface area contributed by atoms with Gasteiger partial charge < -0.3 is 29.0 Å². The second-order valence-electron chi connectivity index (χ2n) is 8.03. The highest BCUT2D eigenvalue weighted by atomic mass is 32.1. The molecule has 0 saturated heterocycles. The smallest absolute Gasteiger partial charge is 0.258 e. The van der Waals surface area contributed by atoms with Crippen LogP contribution < -0.4 is 14.8 Å². The Hall–Kier alpha value is -3.43. The van der Waals surface area contributed by atoms with E-state index in [0.717, 1.165) is 40.3 Å². The molecule has 0 radical (unpaired) electrons. The zero-order chi connectivity index (χ0) is 24.8. The molecule has 3 aromatic rings. The van der Waals surface area contributed by atoms with Crippen LogP contribution in [0.1, 0.15) is 37.8 Å². The first-order valence-corrected chi connectivity index (χ1v) is 12.0. The summed E-state index contributed by atoms with van der Waals surface area (Å²) in [5.41, 5.74) is 3.71. The zero-order valence-electron chi connectivity index (χ0n) is 20.4. The number of thiocarbonyl (C=S) groups is 1. The van der Waals surface area contributed by atoms with Gasteiger partial charge in [-0.15, -0.1) is 0 Å². The van der Waals surface area contributed by atoms with Crippen LogP contribution >= 0.6 is 12.2 Å². The lowest BCUT2D eigenvalue weighted by atomic mass is 9.94. The molecule has 1 N–H and O–H groups in total. The van der Waals surface area contributed by atoms with Crippen molar-refractivity contribution in [2.24, 2.45) is 0 Å². The van der Waals surface area contributed by atoms with Crippen LogP contribution in [0.3, 0.4) is 0 Å². The second kappa shape index (κ2) is 11.3. The maximum Gasteiger partial charge on any atom is 0.258 e. The number of methoxy groups -OCH3 is 2. The summed E-state index contributed by atoms with van der Waals surface area (Å²) in [6.07, 6.45) is 0.831. The summed E-state index contributed by atoms with van der Waals surface area (Å²) in [6.45, 7) is 5.97. The highest BCUT2D eigenvalue weighted by Gasteiger charge is 2.34. The highest BCUT2D eigenvalue weighted by Crippen LogP contribution is 2.38. The third-order valence-electron chi connectivity index (χ3n) is 5.86. The van der Waals surface area contributed by atoms with Crippen molar-refractivity contribution in [3.05, 3.63) is 65.7 Å². The van der Waals surface area contributed by atoms with Gasteiger partial charge in [0.15, 0.2) is 5.11 Å². The molecule has 0 fully saturated rings. The first kappa shape index (κ1) is 24.7. The van der Waals surface area contributed by atoms with Crippen molar-refractivity contribution in [3.63, 3.8) is 0 Å². The molecule has 0 spiro atoms. The first-order valence-electron chi connectivity index (χ1n) is 11.5. The standard InChI is InChI=1S/C26H30N4O4S/c1-5-33-21-13-7-18(8-14-21)23-22(17(2)30(26(35)27-23)15-6-16-31-3)25-28-24(29-34-25)19-9-11-20(32-4)12-10-19/h7-14,23H,5-6,15-16H2,1-4H3,(H,27,35). The highest BCUT2D eigenvalue weighted by molar-refractivity contribution is 7.80. The average molecular weight is 495 g/mol. The third-order valence-corrected chi connectivity index (χ3v) is 6.19. The lowest BCUT2D eigenvalue weighted by molar-refractivity contribution is 0.188. The Kier molecular flexibility index (Phi) is 7.99. The van der Waals surface area contributed by atoms with E-state index >= 15 is 0 Å². The molecule has 0 aliphatic carbocycles. The van der Waals surface area contributed by atoms with Crippen molar-refractivity contribution < 1.29 is 18.7 Å². The van der Waals surface area contributed by atoms with Crippen LogP contribution in [-0.4, -0.2) is 54.1 Å². The molecule has 2 heterocycles. The first-order chi connectivity index (χ1) is 17.0. The minimum Gasteiger partial charge on any atom is -0.497 e. The number of hydrogen-bond donors (Lipinski definition) is 1. The van der Waals surface area contributed by atoms with E-state index < -0.39 is 0 Å². The van der Waals surface area contributed by atoms with Crippen molar-refractivity contribution in [2.75, 3.05) is 34.0 Å². The molecule has 1 atom stereocenters. The molecule has 1 aromatic heterocycles.